The first-order chi connectivity index (χ1) is 15.9. The quantitative estimate of drug-likeness (QED) is 0.248. The van der Waals surface area contributed by atoms with E-state index in [-0.39, 0.29) is 17.1 Å². The molecule has 9 heteroatoms. The van der Waals surface area contributed by atoms with Crippen LogP contribution < -0.4 is 22.5 Å². The third-order valence-corrected chi connectivity index (χ3v) is 6.05. The molecular formula is C24H32FN7O. The topological polar surface area (TPSA) is 145 Å². The molecule has 7 N–H and O–H groups in total. The van der Waals surface area contributed by atoms with Crippen LogP contribution in [0, 0.1) is 11.9 Å². The molecule has 1 aromatic heterocycles. The zero-order valence-corrected chi connectivity index (χ0v) is 18.7. The summed E-state index contributed by atoms with van der Waals surface area (Å²) in [5, 5.41) is 3.62. The molecule has 0 spiro atoms. The summed E-state index contributed by atoms with van der Waals surface area (Å²) in [7, 11) is 0. The third-order valence-electron chi connectivity index (χ3n) is 6.05. The number of rotatable bonds is 10. The van der Waals surface area contributed by atoms with Gasteiger partial charge in [-0.05, 0) is 50.3 Å². The van der Waals surface area contributed by atoms with Crippen molar-refractivity contribution in [1.82, 2.24) is 10.3 Å². The monoisotopic (exact) mass is 453 g/mol. The summed E-state index contributed by atoms with van der Waals surface area (Å²) in [5.74, 6) is -2.40. The minimum Gasteiger partial charge on any atom is -0.386 e. The summed E-state index contributed by atoms with van der Waals surface area (Å²) < 4.78 is 13.3. The summed E-state index contributed by atoms with van der Waals surface area (Å²) in [6, 6.07) is 13.3. The highest BCUT2D eigenvalue weighted by Gasteiger charge is 2.34. The third kappa shape index (κ3) is 7.16. The van der Waals surface area contributed by atoms with Crippen LogP contribution in [0.1, 0.15) is 37.7 Å². The summed E-state index contributed by atoms with van der Waals surface area (Å²) in [4.78, 5) is 24.4. The molecule has 176 valence electrons. The molecule has 1 aliphatic carbocycles. The van der Waals surface area contributed by atoms with Gasteiger partial charge in [0.15, 0.2) is 0 Å². The van der Waals surface area contributed by atoms with Crippen LogP contribution in [0.5, 0.6) is 0 Å². The van der Waals surface area contributed by atoms with Gasteiger partial charge in [0.1, 0.15) is 11.8 Å². The van der Waals surface area contributed by atoms with Gasteiger partial charge in [0.2, 0.25) is 11.9 Å². The molecule has 0 aliphatic heterocycles. The number of pyridine rings is 1. The van der Waals surface area contributed by atoms with E-state index in [1.165, 1.54) is 24.0 Å². The number of halogens is 1. The second-order valence-electron chi connectivity index (χ2n) is 8.44. The Hall–Kier alpha value is -3.17. The number of aromatic nitrogens is 1. The van der Waals surface area contributed by atoms with Gasteiger partial charge in [-0.15, -0.1) is 0 Å². The van der Waals surface area contributed by atoms with Crippen LogP contribution in [-0.4, -0.2) is 41.1 Å². The lowest BCUT2D eigenvalue weighted by Crippen LogP contribution is -2.42. The molecule has 0 radical (unpaired) electrons. The summed E-state index contributed by atoms with van der Waals surface area (Å²) >= 11 is 0. The molecule has 1 unspecified atom stereocenters. The van der Waals surface area contributed by atoms with Crippen molar-refractivity contribution < 1.29 is 9.18 Å². The van der Waals surface area contributed by atoms with E-state index in [4.69, 9.17) is 22.2 Å². The predicted octanol–water partition coefficient (Wildman–Crippen LogP) is 2.20. The second-order valence-corrected chi connectivity index (χ2v) is 8.44. The number of amides is 1. The van der Waals surface area contributed by atoms with Crippen LogP contribution in [-0.2, 0) is 11.3 Å². The number of nitrogens with zero attached hydrogens (tertiary/aromatic N) is 3. The van der Waals surface area contributed by atoms with Crippen molar-refractivity contribution in [1.29, 1.82) is 0 Å². The van der Waals surface area contributed by atoms with Crippen LogP contribution in [0.4, 0.5) is 10.1 Å². The Bertz CT molecular complexity index is 972. The molecule has 1 fully saturated rings. The highest BCUT2D eigenvalue weighted by atomic mass is 19.1. The highest BCUT2D eigenvalue weighted by Crippen LogP contribution is 2.34. The number of hydrogen-bond acceptors (Lipinski definition) is 6. The number of nitrogens with two attached hydrogens (primary N) is 3. The normalized spacial score (nSPS) is 22.4. The Kier molecular flexibility index (Phi) is 8.62. The predicted molar refractivity (Wildman–Crippen MR) is 129 cm³/mol. The van der Waals surface area contributed by atoms with Gasteiger partial charge in [-0.1, -0.05) is 30.3 Å². The van der Waals surface area contributed by atoms with Gasteiger partial charge in [-0.3, -0.25) is 9.79 Å². The van der Waals surface area contributed by atoms with Crippen molar-refractivity contribution in [3.05, 3.63) is 60.2 Å². The Morgan fingerprint density at radius 2 is 1.97 bits per heavy atom. The largest absolute Gasteiger partial charge is 0.386 e. The molecule has 1 amide bonds. The van der Waals surface area contributed by atoms with E-state index in [0.29, 0.717) is 19.0 Å². The lowest BCUT2D eigenvalue weighted by Gasteiger charge is -2.37. The highest BCUT2D eigenvalue weighted by molar-refractivity contribution is 6.14. The van der Waals surface area contributed by atoms with E-state index in [0.717, 1.165) is 38.3 Å². The summed E-state index contributed by atoms with van der Waals surface area (Å²) in [6.07, 6.45) is 7.03. The Morgan fingerprint density at radius 1 is 1.24 bits per heavy atom. The number of hydrogen-bond donors (Lipinski definition) is 4. The number of nitrogens with one attached hydrogen (secondary N) is 1. The molecule has 1 aromatic carbocycles. The molecule has 1 saturated carbocycles. The van der Waals surface area contributed by atoms with Crippen LogP contribution in [0.15, 0.2) is 58.6 Å². The number of primary amides is 1. The lowest BCUT2D eigenvalue weighted by molar-refractivity contribution is -0.118. The number of aliphatic imine (C=N–C) groups is 2. The summed E-state index contributed by atoms with van der Waals surface area (Å²) in [5.41, 5.74) is 18.6. The minimum absolute atomic E-state index is 0.0436. The van der Waals surface area contributed by atoms with Crippen molar-refractivity contribution >= 4 is 23.6 Å². The zero-order chi connectivity index (χ0) is 23.7. The Morgan fingerprint density at radius 3 is 2.61 bits per heavy atom. The zero-order valence-electron chi connectivity index (χ0n) is 18.7. The fraction of sp³-hybridized carbons (Fsp3) is 0.417. The van der Waals surface area contributed by atoms with Crippen molar-refractivity contribution in [3.63, 3.8) is 0 Å². The van der Waals surface area contributed by atoms with E-state index in [1.807, 2.05) is 18.2 Å². The fourth-order valence-electron chi connectivity index (χ4n) is 4.14. The van der Waals surface area contributed by atoms with E-state index >= 15 is 0 Å². The molecule has 33 heavy (non-hydrogen) atoms. The first-order valence-corrected chi connectivity index (χ1v) is 11.2. The Balaban J connectivity index is 1.66. The first-order valence-electron chi connectivity index (χ1n) is 11.2. The van der Waals surface area contributed by atoms with E-state index < -0.39 is 17.8 Å². The van der Waals surface area contributed by atoms with Crippen molar-refractivity contribution in [2.75, 3.05) is 6.54 Å². The average Bonchev–Trinajstić information content (AvgIpc) is 2.79. The number of benzene rings is 1. The number of carbonyl (C=O) groups is 1. The minimum atomic E-state index is -0.996. The van der Waals surface area contributed by atoms with Gasteiger partial charge in [-0.2, -0.15) is 4.39 Å². The van der Waals surface area contributed by atoms with Crippen LogP contribution in [0.25, 0.3) is 0 Å². The number of carbonyl (C=O) groups excluding carboxylic acids is 1. The van der Waals surface area contributed by atoms with Gasteiger partial charge in [-0.25, -0.2) is 9.98 Å². The molecular weight excluding hydrogens is 421 g/mol. The van der Waals surface area contributed by atoms with Gasteiger partial charge in [0.25, 0.3) is 0 Å². The van der Waals surface area contributed by atoms with E-state index in [1.54, 1.807) is 0 Å². The maximum atomic E-state index is 13.3. The average molecular weight is 454 g/mol. The van der Waals surface area contributed by atoms with E-state index in [2.05, 4.69) is 27.4 Å². The molecule has 0 saturated heterocycles. The van der Waals surface area contributed by atoms with Gasteiger partial charge in [0.05, 0.1) is 11.2 Å². The molecule has 3 rings (SSSR count). The fourth-order valence-corrected chi connectivity index (χ4v) is 4.14. The smallest absolute Gasteiger partial charge is 0.233 e. The van der Waals surface area contributed by atoms with Crippen LogP contribution >= 0.6 is 0 Å². The van der Waals surface area contributed by atoms with Gasteiger partial charge in [0, 0.05) is 31.1 Å². The molecule has 1 atom stereocenters. The van der Waals surface area contributed by atoms with Crippen LogP contribution in [0.2, 0.25) is 0 Å². The van der Waals surface area contributed by atoms with Crippen molar-refractivity contribution in [2.24, 2.45) is 33.1 Å². The molecule has 8 nitrogen and oxygen atoms in total. The van der Waals surface area contributed by atoms with Crippen molar-refractivity contribution in [2.45, 2.75) is 50.2 Å². The van der Waals surface area contributed by atoms with Gasteiger partial charge < -0.3 is 22.5 Å². The maximum absolute atomic E-state index is 13.3. The Labute approximate surface area is 193 Å². The van der Waals surface area contributed by atoms with E-state index in [9.17, 15) is 9.18 Å². The molecule has 0 bridgehead atoms. The van der Waals surface area contributed by atoms with Crippen molar-refractivity contribution in [3.8, 4) is 0 Å². The standard InChI is InChI=1S/C24H32FN7O/c25-21-14-19(8-13-29-21)32-22(27)20(23(28)33)16-31-24(11-12-26)9-6-18(7-10-24)30-15-17-4-2-1-3-5-17/h1-5,8,13-14,16,18,20,30H,6-7,9-12,15,26H2,(H2,28,33)(H2,27,29,32). The molecule has 1 aliphatic rings. The second kappa shape index (κ2) is 11.6. The summed E-state index contributed by atoms with van der Waals surface area (Å²) in [6.45, 7) is 1.31. The molecule has 2 aromatic rings. The number of amidine groups is 1. The SMILES string of the molecule is NCCC1(N=CC(C(N)=O)C(N)=Nc2ccnc(F)c2)CCC(NCc2ccccc2)CC1. The molecule has 1 heterocycles. The first kappa shape index (κ1) is 24.5. The lowest BCUT2D eigenvalue weighted by atomic mass is 9.77. The van der Waals surface area contributed by atoms with Gasteiger partial charge >= 0.3 is 0 Å². The van der Waals surface area contributed by atoms with Crippen LogP contribution in [0.3, 0.4) is 0 Å². The maximum Gasteiger partial charge on any atom is 0.233 e.